The first-order valence-corrected chi connectivity index (χ1v) is 11.0. The Morgan fingerprint density at radius 3 is 2.53 bits per heavy atom. The molecule has 0 saturated carbocycles. The van der Waals surface area contributed by atoms with Crippen molar-refractivity contribution in [3.8, 4) is 11.3 Å². The predicted octanol–water partition coefficient (Wildman–Crippen LogP) is 3.95. The highest BCUT2D eigenvalue weighted by Gasteiger charge is 2.45. The van der Waals surface area contributed by atoms with E-state index in [1.165, 1.54) is 12.1 Å². The highest BCUT2D eigenvalue weighted by atomic mass is 19.1. The van der Waals surface area contributed by atoms with Gasteiger partial charge in [0.15, 0.2) is 0 Å². The van der Waals surface area contributed by atoms with Crippen LogP contribution in [0.4, 0.5) is 10.3 Å². The number of likely N-dealkylation sites (tertiary alicyclic amines) is 1. The molecule has 2 fully saturated rings. The zero-order chi connectivity index (χ0) is 22.4. The number of anilines is 1. The maximum Gasteiger partial charge on any atom is 0.254 e. The monoisotopic (exact) mass is 431 g/mol. The number of piperidine rings is 1. The molecule has 2 aliphatic rings. The molecule has 1 amide bonds. The van der Waals surface area contributed by atoms with E-state index in [4.69, 9.17) is 0 Å². The SMILES string of the molecule is Cc1ccc(-c2cc(F)ccc2C(=O)N2CCC3CN(c4nc(C)cc(C)n4)C3C2)nc1. The van der Waals surface area contributed by atoms with Crippen molar-refractivity contribution < 1.29 is 9.18 Å². The van der Waals surface area contributed by atoms with E-state index in [0.717, 1.165) is 35.9 Å². The molecule has 2 atom stereocenters. The maximum absolute atomic E-state index is 14.1. The van der Waals surface area contributed by atoms with Crippen LogP contribution in [0, 0.1) is 32.5 Å². The third kappa shape index (κ3) is 3.72. The molecule has 0 bridgehead atoms. The lowest BCUT2D eigenvalue weighted by molar-refractivity contribution is 0.0590. The zero-order valence-electron chi connectivity index (χ0n) is 18.5. The average Bonchev–Trinajstić information content (AvgIpc) is 2.74. The first kappa shape index (κ1) is 20.5. The number of hydrogen-bond acceptors (Lipinski definition) is 5. The minimum Gasteiger partial charge on any atom is -0.337 e. The fraction of sp³-hybridized carbons (Fsp3) is 0.360. The lowest BCUT2D eigenvalue weighted by Crippen LogP contribution is -2.65. The summed E-state index contributed by atoms with van der Waals surface area (Å²) < 4.78 is 14.1. The number of pyridine rings is 1. The number of nitrogens with zero attached hydrogens (tertiary/aromatic N) is 5. The van der Waals surface area contributed by atoms with E-state index in [9.17, 15) is 9.18 Å². The molecule has 7 heteroatoms. The van der Waals surface area contributed by atoms with E-state index in [1.807, 2.05) is 43.9 Å². The van der Waals surface area contributed by atoms with Crippen LogP contribution in [0.15, 0.2) is 42.6 Å². The molecule has 3 aromatic rings. The second-order valence-electron chi connectivity index (χ2n) is 8.88. The van der Waals surface area contributed by atoms with Gasteiger partial charge in [0.05, 0.1) is 11.7 Å². The fourth-order valence-electron chi connectivity index (χ4n) is 4.76. The summed E-state index contributed by atoms with van der Waals surface area (Å²) in [5.74, 6) is 0.808. The summed E-state index contributed by atoms with van der Waals surface area (Å²) in [6, 6.07) is 10.2. The second-order valence-corrected chi connectivity index (χ2v) is 8.88. The molecule has 0 N–H and O–H groups in total. The predicted molar refractivity (Wildman–Crippen MR) is 121 cm³/mol. The average molecular weight is 432 g/mol. The third-order valence-electron chi connectivity index (χ3n) is 6.47. The molecule has 0 aliphatic carbocycles. The minimum atomic E-state index is -0.380. The quantitative estimate of drug-likeness (QED) is 0.628. The van der Waals surface area contributed by atoms with Crippen molar-refractivity contribution in [3.63, 3.8) is 0 Å². The number of carbonyl (C=O) groups is 1. The Labute approximate surface area is 187 Å². The Morgan fingerprint density at radius 2 is 1.81 bits per heavy atom. The van der Waals surface area contributed by atoms with Crippen LogP contribution in [0.2, 0.25) is 0 Å². The topological polar surface area (TPSA) is 62.2 Å². The van der Waals surface area contributed by atoms with Crippen LogP contribution < -0.4 is 4.90 Å². The molecule has 0 radical (unpaired) electrons. The van der Waals surface area contributed by atoms with Crippen LogP contribution in [0.5, 0.6) is 0 Å². The number of fused-ring (bicyclic) bond motifs is 1. The first-order chi connectivity index (χ1) is 15.4. The number of aryl methyl sites for hydroxylation is 3. The summed E-state index contributed by atoms with van der Waals surface area (Å²) in [5.41, 5.74) is 4.51. The Hall–Kier alpha value is -3.35. The molecular formula is C25H26FN5O. The fourth-order valence-corrected chi connectivity index (χ4v) is 4.76. The van der Waals surface area contributed by atoms with Crippen molar-refractivity contribution in [3.05, 3.63) is 70.9 Å². The van der Waals surface area contributed by atoms with Crippen LogP contribution in [0.1, 0.15) is 33.7 Å². The van der Waals surface area contributed by atoms with Gasteiger partial charge in [0.1, 0.15) is 5.82 Å². The Morgan fingerprint density at radius 1 is 1.03 bits per heavy atom. The number of benzene rings is 1. The van der Waals surface area contributed by atoms with Crippen LogP contribution >= 0.6 is 0 Å². The van der Waals surface area contributed by atoms with Gasteiger partial charge in [-0.05, 0) is 63.1 Å². The van der Waals surface area contributed by atoms with Crippen LogP contribution in [-0.2, 0) is 0 Å². The van der Waals surface area contributed by atoms with E-state index in [2.05, 4.69) is 19.9 Å². The van der Waals surface area contributed by atoms with Gasteiger partial charge >= 0.3 is 0 Å². The highest BCUT2D eigenvalue weighted by molar-refractivity contribution is 6.00. The van der Waals surface area contributed by atoms with Gasteiger partial charge in [0, 0.05) is 54.3 Å². The second kappa shape index (κ2) is 7.97. The van der Waals surface area contributed by atoms with Gasteiger partial charge in [0.25, 0.3) is 5.91 Å². The number of halogens is 1. The molecule has 0 spiro atoms. The van der Waals surface area contributed by atoms with Crippen molar-refractivity contribution in [2.24, 2.45) is 5.92 Å². The van der Waals surface area contributed by atoms with Gasteiger partial charge in [0.2, 0.25) is 5.95 Å². The van der Waals surface area contributed by atoms with Gasteiger partial charge < -0.3 is 9.80 Å². The van der Waals surface area contributed by atoms with Crippen LogP contribution in [0.25, 0.3) is 11.3 Å². The van der Waals surface area contributed by atoms with Crippen molar-refractivity contribution in [2.75, 3.05) is 24.5 Å². The molecule has 2 unspecified atom stereocenters. The van der Waals surface area contributed by atoms with Crippen molar-refractivity contribution in [1.82, 2.24) is 19.9 Å². The molecule has 1 aromatic carbocycles. The standard InChI is InChI=1S/C25H26FN5O/c1-15-4-7-22(27-12-15)21-11-19(26)5-6-20(21)24(32)30-9-8-18-13-31(23(18)14-30)25-28-16(2)10-17(3)29-25/h4-7,10-12,18,23H,8-9,13-14H2,1-3H3. The Balaban J connectivity index is 1.40. The van der Waals surface area contributed by atoms with Gasteiger partial charge in [-0.3, -0.25) is 9.78 Å². The van der Waals surface area contributed by atoms with E-state index in [0.29, 0.717) is 35.8 Å². The van der Waals surface area contributed by atoms with E-state index < -0.39 is 0 Å². The minimum absolute atomic E-state index is 0.0889. The third-order valence-corrected chi connectivity index (χ3v) is 6.47. The van der Waals surface area contributed by atoms with E-state index in [-0.39, 0.29) is 17.8 Å². The Kier molecular flexibility index (Phi) is 5.12. The summed E-state index contributed by atoms with van der Waals surface area (Å²) in [5, 5.41) is 0. The van der Waals surface area contributed by atoms with Gasteiger partial charge in [-0.1, -0.05) is 6.07 Å². The summed E-state index contributed by atoms with van der Waals surface area (Å²) in [6.07, 6.45) is 2.67. The van der Waals surface area contributed by atoms with Crippen molar-refractivity contribution in [2.45, 2.75) is 33.2 Å². The number of amides is 1. The number of hydrogen-bond donors (Lipinski definition) is 0. The number of rotatable bonds is 3. The molecule has 2 aromatic heterocycles. The summed E-state index contributed by atoms with van der Waals surface area (Å²) >= 11 is 0. The van der Waals surface area contributed by atoms with Gasteiger partial charge in [-0.2, -0.15) is 0 Å². The molecule has 32 heavy (non-hydrogen) atoms. The smallest absolute Gasteiger partial charge is 0.254 e. The summed E-state index contributed by atoms with van der Waals surface area (Å²) in [4.78, 5) is 31.2. The molecule has 164 valence electrons. The maximum atomic E-state index is 14.1. The molecule has 2 aliphatic heterocycles. The molecule has 2 saturated heterocycles. The number of carbonyl (C=O) groups excluding carboxylic acids is 1. The highest BCUT2D eigenvalue weighted by Crippen LogP contribution is 2.36. The van der Waals surface area contributed by atoms with Crippen molar-refractivity contribution in [1.29, 1.82) is 0 Å². The van der Waals surface area contributed by atoms with Gasteiger partial charge in [-0.15, -0.1) is 0 Å². The van der Waals surface area contributed by atoms with Crippen LogP contribution in [-0.4, -0.2) is 51.4 Å². The lowest BCUT2D eigenvalue weighted by atomic mass is 9.82. The summed E-state index contributed by atoms with van der Waals surface area (Å²) in [6.45, 7) is 8.12. The van der Waals surface area contributed by atoms with Crippen LogP contribution in [0.3, 0.4) is 0 Å². The largest absolute Gasteiger partial charge is 0.337 e. The molecule has 6 nitrogen and oxygen atoms in total. The molecular weight excluding hydrogens is 405 g/mol. The van der Waals surface area contributed by atoms with Gasteiger partial charge in [-0.25, -0.2) is 14.4 Å². The van der Waals surface area contributed by atoms with Crippen molar-refractivity contribution >= 4 is 11.9 Å². The summed E-state index contributed by atoms with van der Waals surface area (Å²) in [7, 11) is 0. The molecule has 5 rings (SSSR count). The normalized spacial score (nSPS) is 20.0. The zero-order valence-corrected chi connectivity index (χ0v) is 18.5. The lowest BCUT2D eigenvalue weighted by Gasteiger charge is -2.53. The number of aromatic nitrogens is 3. The Bertz CT molecular complexity index is 1160. The molecule has 4 heterocycles. The first-order valence-electron chi connectivity index (χ1n) is 11.0. The van der Waals surface area contributed by atoms with E-state index >= 15 is 0 Å². The van der Waals surface area contributed by atoms with E-state index in [1.54, 1.807) is 12.3 Å².